The maximum Gasteiger partial charge on any atom is 0.0998 e. The Bertz CT molecular complexity index is 882. The Labute approximate surface area is 190 Å². The van der Waals surface area contributed by atoms with Gasteiger partial charge in [0, 0.05) is 16.8 Å². The largest absolute Gasteiger partial charge is 0.281 e. The molecule has 0 amide bonds. The van der Waals surface area contributed by atoms with Gasteiger partial charge in [0.05, 0.1) is 5.69 Å². The van der Waals surface area contributed by atoms with E-state index < -0.39 is 0 Å². The molecule has 0 spiro atoms. The van der Waals surface area contributed by atoms with E-state index in [0.717, 1.165) is 36.4 Å². The van der Waals surface area contributed by atoms with Gasteiger partial charge in [-0.1, -0.05) is 89.1 Å². The zero-order valence-electron chi connectivity index (χ0n) is 20.4. The summed E-state index contributed by atoms with van der Waals surface area (Å²) in [5, 5.41) is 7.99. The molecule has 0 aliphatic carbocycles. The molecule has 1 N–H and O–H groups in total. The van der Waals surface area contributed by atoms with Crippen molar-refractivity contribution >= 4 is 6.08 Å². The molecule has 0 unspecified atom stereocenters. The molecule has 0 aliphatic heterocycles. The van der Waals surface area contributed by atoms with Gasteiger partial charge in [0.15, 0.2) is 0 Å². The number of hydrogen-bond donors (Lipinski definition) is 1. The van der Waals surface area contributed by atoms with Crippen LogP contribution in [0.15, 0.2) is 48.6 Å². The molecule has 168 valence electrons. The Morgan fingerprint density at radius 3 is 2.58 bits per heavy atom. The molecular weight excluding hydrogens is 376 g/mol. The smallest absolute Gasteiger partial charge is 0.0998 e. The topological polar surface area (TPSA) is 28.7 Å². The quantitative estimate of drug-likeness (QED) is 0.256. The molecule has 2 heteroatoms. The minimum absolute atomic E-state index is 0.722. The minimum Gasteiger partial charge on any atom is -0.281 e. The number of aromatic nitrogens is 2. The van der Waals surface area contributed by atoms with E-state index in [1.165, 1.54) is 60.1 Å². The van der Waals surface area contributed by atoms with Gasteiger partial charge in [-0.3, -0.25) is 5.10 Å². The van der Waals surface area contributed by atoms with E-state index in [-0.39, 0.29) is 0 Å². The number of nitrogens with zero attached hydrogens (tertiary/aromatic N) is 1. The normalized spacial score (nSPS) is 12.8. The predicted octanol–water partition coefficient (Wildman–Crippen LogP) is 8.63. The van der Waals surface area contributed by atoms with E-state index in [0.29, 0.717) is 0 Å². The first-order valence-corrected chi connectivity index (χ1v) is 12.2. The number of benzene rings is 1. The van der Waals surface area contributed by atoms with E-state index in [4.69, 9.17) is 5.10 Å². The number of allylic oxidation sites excluding steroid dienone is 4. The molecule has 0 fully saturated rings. The van der Waals surface area contributed by atoms with Crippen LogP contribution < -0.4 is 0 Å². The van der Waals surface area contributed by atoms with Gasteiger partial charge in [0.1, 0.15) is 0 Å². The number of nitrogens with one attached hydrogen (secondary N) is 1. The third-order valence-corrected chi connectivity index (χ3v) is 6.20. The van der Waals surface area contributed by atoms with Crippen molar-refractivity contribution in [2.45, 2.75) is 86.0 Å². The van der Waals surface area contributed by atoms with Gasteiger partial charge in [-0.2, -0.15) is 5.10 Å². The molecule has 2 aromatic rings. The van der Waals surface area contributed by atoms with Crippen molar-refractivity contribution in [3.8, 4) is 11.3 Å². The highest BCUT2D eigenvalue weighted by Gasteiger charge is 2.15. The van der Waals surface area contributed by atoms with E-state index in [1.807, 2.05) is 0 Å². The molecule has 0 saturated heterocycles. The molecule has 31 heavy (non-hydrogen) atoms. The second kappa shape index (κ2) is 13.1. The highest BCUT2D eigenvalue weighted by molar-refractivity contribution is 5.76. The molecule has 2 rings (SSSR count). The molecule has 0 bridgehead atoms. The Balaban J connectivity index is 2.26. The average molecular weight is 419 g/mol. The van der Waals surface area contributed by atoms with Crippen LogP contribution >= 0.6 is 0 Å². The van der Waals surface area contributed by atoms with Crippen LogP contribution in [0, 0.1) is 12.8 Å². The summed E-state index contributed by atoms with van der Waals surface area (Å²) < 4.78 is 0. The summed E-state index contributed by atoms with van der Waals surface area (Å²) in [5.74, 6) is 0.722. The molecule has 1 heterocycles. The standard InChI is InChI=1S/C29H42N2/c1-7-11-12-13-14-15-24(9-3)20-25-18-17-23(6)27(21-25)29-26(19-16-22(5)8-2)28(10-4)30-31-29/h12-13,16-19,21,24H,5,7-11,14-15,20H2,1-4,6H3,(H,30,31)/b13-12-,19-16-/t24-/m1/s1. The van der Waals surface area contributed by atoms with Crippen molar-refractivity contribution in [1.82, 2.24) is 10.2 Å². The Morgan fingerprint density at radius 2 is 1.90 bits per heavy atom. The van der Waals surface area contributed by atoms with Crippen LogP contribution in [0.25, 0.3) is 17.3 Å². The first-order chi connectivity index (χ1) is 15.0. The third kappa shape index (κ3) is 7.38. The fourth-order valence-electron chi connectivity index (χ4n) is 3.93. The van der Waals surface area contributed by atoms with Crippen molar-refractivity contribution in [2.75, 3.05) is 0 Å². The van der Waals surface area contributed by atoms with Crippen molar-refractivity contribution in [2.24, 2.45) is 5.92 Å². The molecule has 0 aliphatic rings. The summed E-state index contributed by atoms with van der Waals surface area (Å²) in [6.45, 7) is 15.2. The van der Waals surface area contributed by atoms with Gasteiger partial charge >= 0.3 is 0 Å². The summed E-state index contributed by atoms with van der Waals surface area (Å²) in [7, 11) is 0. The molecule has 0 radical (unpaired) electrons. The first-order valence-electron chi connectivity index (χ1n) is 12.2. The van der Waals surface area contributed by atoms with E-state index in [2.05, 4.69) is 88.8 Å². The van der Waals surface area contributed by atoms with Crippen molar-refractivity contribution < 1.29 is 0 Å². The van der Waals surface area contributed by atoms with Crippen LogP contribution in [0.5, 0.6) is 0 Å². The lowest BCUT2D eigenvalue weighted by Crippen LogP contribution is -2.03. The van der Waals surface area contributed by atoms with Crippen molar-refractivity contribution in [3.05, 3.63) is 71.0 Å². The molecule has 1 aromatic heterocycles. The Kier molecular flexibility index (Phi) is 10.6. The molecule has 1 atom stereocenters. The van der Waals surface area contributed by atoms with Gasteiger partial charge in [0.25, 0.3) is 0 Å². The molecule has 0 saturated carbocycles. The number of rotatable bonds is 13. The highest BCUT2D eigenvalue weighted by Crippen LogP contribution is 2.31. The average Bonchev–Trinajstić information content (AvgIpc) is 3.20. The van der Waals surface area contributed by atoms with Crippen LogP contribution in [0.4, 0.5) is 0 Å². The second-order valence-corrected chi connectivity index (χ2v) is 8.63. The number of hydrogen-bond acceptors (Lipinski definition) is 1. The zero-order chi connectivity index (χ0) is 22.6. The molecule has 2 nitrogen and oxygen atoms in total. The van der Waals surface area contributed by atoms with Gasteiger partial charge in [0.2, 0.25) is 0 Å². The van der Waals surface area contributed by atoms with Crippen LogP contribution in [0.2, 0.25) is 0 Å². The summed E-state index contributed by atoms with van der Waals surface area (Å²) in [6.07, 6.45) is 18.2. The SMILES string of the molecule is C=C(/C=C\c1c(-c2cc(C[C@H](CC)CC/C=C\CCC)ccc2C)n[nH]c1CC)CC. The molecule has 1 aromatic carbocycles. The van der Waals surface area contributed by atoms with Gasteiger partial charge in [-0.25, -0.2) is 0 Å². The van der Waals surface area contributed by atoms with E-state index in [9.17, 15) is 0 Å². The molecular formula is C29H42N2. The van der Waals surface area contributed by atoms with Crippen LogP contribution in [-0.4, -0.2) is 10.2 Å². The third-order valence-electron chi connectivity index (χ3n) is 6.20. The minimum atomic E-state index is 0.722. The van der Waals surface area contributed by atoms with E-state index in [1.54, 1.807) is 0 Å². The summed E-state index contributed by atoms with van der Waals surface area (Å²) >= 11 is 0. The number of H-pyrrole nitrogens is 1. The lowest BCUT2D eigenvalue weighted by Gasteiger charge is -2.15. The van der Waals surface area contributed by atoms with E-state index >= 15 is 0 Å². The summed E-state index contributed by atoms with van der Waals surface area (Å²) in [6, 6.07) is 6.93. The summed E-state index contributed by atoms with van der Waals surface area (Å²) in [5.41, 5.74) is 8.52. The fourth-order valence-corrected chi connectivity index (χ4v) is 3.93. The monoisotopic (exact) mass is 418 g/mol. The fraction of sp³-hybridized carbons (Fsp3) is 0.483. The lowest BCUT2D eigenvalue weighted by atomic mass is 9.90. The van der Waals surface area contributed by atoms with Gasteiger partial charge in [-0.05, 0) is 68.6 Å². The van der Waals surface area contributed by atoms with Gasteiger partial charge < -0.3 is 0 Å². The lowest BCUT2D eigenvalue weighted by molar-refractivity contribution is 0.472. The number of unbranched alkanes of at least 4 members (excludes halogenated alkanes) is 1. The van der Waals surface area contributed by atoms with Crippen LogP contribution in [0.1, 0.15) is 88.6 Å². The van der Waals surface area contributed by atoms with Crippen molar-refractivity contribution in [3.63, 3.8) is 0 Å². The number of aryl methyl sites for hydroxylation is 2. The Morgan fingerprint density at radius 1 is 1.13 bits per heavy atom. The van der Waals surface area contributed by atoms with Crippen LogP contribution in [0.3, 0.4) is 0 Å². The highest BCUT2D eigenvalue weighted by atomic mass is 15.1. The summed E-state index contributed by atoms with van der Waals surface area (Å²) in [4.78, 5) is 0. The van der Waals surface area contributed by atoms with Crippen molar-refractivity contribution in [1.29, 1.82) is 0 Å². The predicted molar refractivity (Wildman–Crippen MR) is 137 cm³/mol. The second-order valence-electron chi connectivity index (χ2n) is 8.63. The maximum atomic E-state index is 4.73. The van der Waals surface area contributed by atoms with Gasteiger partial charge in [-0.15, -0.1) is 0 Å². The van der Waals surface area contributed by atoms with Crippen LogP contribution in [-0.2, 0) is 12.8 Å². The first kappa shape index (κ1) is 24.9. The zero-order valence-corrected chi connectivity index (χ0v) is 20.4. The Hall–Kier alpha value is -2.35. The maximum absolute atomic E-state index is 4.73. The number of aromatic amines is 1.